The largest absolute Gasteiger partial charge is 0.326 e. The van der Waals surface area contributed by atoms with Gasteiger partial charge >= 0.3 is 0 Å². The molecule has 0 radical (unpaired) electrons. The molecule has 2 atom stereocenters. The van der Waals surface area contributed by atoms with Gasteiger partial charge in [-0.25, -0.2) is 5.43 Å². The molecule has 1 aliphatic heterocycles. The van der Waals surface area contributed by atoms with E-state index < -0.39 is 0 Å². The molecule has 3 rings (SSSR count). The van der Waals surface area contributed by atoms with E-state index in [1.54, 1.807) is 0 Å². The summed E-state index contributed by atoms with van der Waals surface area (Å²) >= 11 is 3.42. The van der Waals surface area contributed by atoms with Crippen LogP contribution in [0.4, 0.5) is 5.69 Å². The van der Waals surface area contributed by atoms with Crippen LogP contribution >= 0.6 is 15.9 Å². The second kappa shape index (κ2) is 5.36. The highest BCUT2D eigenvalue weighted by molar-refractivity contribution is 9.09. The Bertz CT molecular complexity index is 583. The molecular weight excluding hydrogens is 322 g/mol. The van der Waals surface area contributed by atoms with Gasteiger partial charge in [-0.2, -0.15) is 5.10 Å². The van der Waals surface area contributed by atoms with Crippen LogP contribution in [0.2, 0.25) is 0 Å². The molecule has 0 bridgehead atoms. The number of anilines is 1. The SMILES string of the molecule is O=C1CCC(c2ccc(NC(=O)[C@@H]3C[C@H]3Br)cc2)=NN1. The molecule has 2 N–H and O–H groups in total. The molecule has 1 aromatic carbocycles. The zero-order valence-electron chi connectivity index (χ0n) is 10.7. The van der Waals surface area contributed by atoms with Crippen molar-refractivity contribution in [1.82, 2.24) is 5.43 Å². The summed E-state index contributed by atoms with van der Waals surface area (Å²) in [5, 5.41) is 6.94. The number of benzene rings is 1. The Morgan fingerprint density at radius 3 is 2.55 bits per heavy atom. The van der Waals surface area contributed by atoms with Crippen molar-refractivity contribution in [2.75, 3.05) is 5.32 Å². The summed E-state index contributed by atoms with van der Waals surface area (Å²) in [6, 6.07) is 7.53. The molecule has 1 fully saturated rings. The Morgan fingerprint density at radius 2 is 2.00 bits per heavy atom. The van der Waals surface area contributed by atoms with Gasteiger partial charge in [0.05, 0.1) is 11.6 Å². The lowest BCUT2D eigenvalue weighted by Crippen LogP contribution is -2.25. The van der Waals surface area contributed by atoms with E-state index in [-0.39, 0.29) is 17.7 Å². The Labute approximate surface area is 124 Å². The first-order valence-electron chi connectivity index (χ1n) is 6.54. The van der Waals surface area contributed by atoms with Crippen molar-refractivity contribution in [3.63, 3.8) is 0 Å². The fraction of sp³-hybridized carbons (Fsp3) is 0.357. The highest BCUT2D eigenvalue weighted by atomic mass is 79.9. The third kappa shape index (κ3) is 2.90. The van der Waals surface area contributed by atoms with Gasteiger partial charge in [0.15, 0.2) is 0 Å². The summed E-state index contributed by atoms with van der Waals surface area (Å²) in [6.07, 6.45) is 2.01. The first kappa shape index (κ1) is 13.3. The van der Waals surface area contributed by atoms with Crippen LogP contribution < -0.4 is 10.7 Å². The van der Waals surface area contributed by atoms with Crippen molar-refractivity contribution in [2.24, 2.45) is 11.0 Å². The van der Waals surface area contributed by atoms with Gasteiger partial charge in [-0.15, -0.1) is 0 Å². The van der Waals surface area contributed by atoms with Crippen molar-refractivity contribution < 1.29 is 9.59 Å². The minimum atomic E-state index is -0.0496. The number of hydrogen-bond donors (Lipinski definition) is 2. The zero-order chi connectivity index (χ0) is 14.1. The van der Waals surface area contributed by atoms with Gasteiger partial charge in [-0.3, -0.25) is 9.59 Å². The molecule has 1 saturated carbocycles. The number of rotatable bonds is 3. The molecule has 5 nitrogen and oxygen atoms in total. The molecule has 0 aromatic heterocycles. The zero-order valence-corrected chi connectivity index (χ0v) is 12.3. The molecule has 6 heteroatoms. The molecule has 2 aliphatic rings. The topological polar surface area (TPSA) is 70.6 Å². The molecule has 104 valence electrons. The summed E-state index contributed by atoms with van der Waals surface area (Å²) in [6.45, 7) is 0. The lowest BCUT2D eigenvalue weighted by molar-refractivity contribution is -0.121. The summed E-state index contributed by atoms with van der Waals surface area (Å²) < 4.78 is 0. The minimum Gasteiger partial charge on any atom is -0.326 e. The van der Waals surface area contributed by atoms with Crippen molar-refractivity contribution in [3.8, 4) is 0 Å². The van der Waals surface area contributed by atoms with Crippen LogP contribution in [0.3, 0.4) is 0 Å². The second-order valence-electron chi connectivity index (χ2n) is 5.02. The standard InChI is InChI=1S/C14H14BrN3O2/c15-11-7-10(11)14(20)16-9-3-1-8(2-4-9)12-5-6-13(19)18-17-12/h1-4,10-11H,5-7H2,(H,16,20)(H,18,19)/t10-,11-/m1/s1. The molecule has 0 spiro atoms. The fourth-order valence-electron chi connectivity index (χ4n) is 2.10. The monoisotopic (exact) mass is 335 g/mol. The smallest absolute Gasteiger partial charge is 0.240 e. The number of halogens is 1. The van der Waals surface area contributed by atoms with E-state index in [0.29, 0.717) is 17.7 Å². The number of carbonyl (C=O) groups excluding carboxylic acids is 2. The molecular formula is C14H14BrN3O2. The lowest BCUT2D eigenvalue weighted by atomic mass is 10.0. The van der Waals surface area contributed by atoms with Gasteiger partial charge in [0, 0.05) is 23.4 Å². The van der Waals surface area contributed by atoms with Gasteiger partial charge < -0.3 is 5.32 Å². The summed E-state index contributed by atoms with van der Waals surface area (Å²) in [5.41, 5.74) is 5.09. The van der Waals surface area contributed by atoms with E-state index >= 15 is 0 Å². The molecule has 1 aromatic rings. The van der Waals surface area contributed by atoms with Gasteiger partial charge in [0.2, 0.25) is 11.8 Å². The fourth-order valence-corrected chi connectivity index (χ4v) is 2.74. The van der Waals surface area contributed by atoms with E-state index in [0.717, 1.165) is 23.4 Å². The van der Waals surface area contributed by atoms with Gasteiger partial charge in [0.25, 0.3) is 0 Å². The van der Waals surface area contributed by atoms with Crippen LogP contribution in [-0.2, 0) is 9.59 Å². The van der Waals surface area contributed by atoms with Crippen LogP contribution in [0, 0.1) is 5.92 Å². The maximum atomic E-state index is 11.8. The Morgan fingerprint density at radius 1 is 1.30 bits per heavy atom. The predicted octanol–water partition coefficient (Wildman–Crippen LogP) is 2.02. The van der Waals surface area contributed by atoms with Crippen LogP contribution in [0.15, 0.2) is 29.4 Å². The first-order valence-corrected chi connectivity index (χ1v) is 7.46. The van der Waals surface area contributed by atoms with Crippen molar-refractivity contribution in [3.05, 3.63) is 29.8 Å². The quantitative estimate of drug-likeness (QED) is 0.829. The average Bonchev–Trinajstić information content (AvgIpc) is 3.18. The van der Waals surface area contributed by atoms with Gasteiger partial charge in [-0.05, 0) is 24.1 Å². The molecule has 0 unspecified atom stereocenters. The average molecular weight is 336 g/mol. The summed E-state index contributed by atoms with van der Waals surface area (Å²) in [4.78, 5) is 23.2. The maximum absolute atomic E-state index is 11.8. The first-order chi connectivity index (χ1) is 9.63. The molecule has 20 heavy (non-hydrogen) atoms. The number of nitrogens with zero attached hydrogens (tertiary/aromatic N) is 1. The maximum Gasteiger partial charge on any atom is 0.240 e. The molecule has 2 amide bonds. The number of amides is 2. The van der Waals surface area contributed by atoms with Crippen molar-refractivity contribution >= 4 is 39.1 Å². The van der Waals surface area contributed by atoms with Gasteiger partial charge in [0.1, 0.15) is 0 Å². The van der Waals surface area contributed by atoms with E-state index in [4.69, 9.17) is 0 Å². The van der Waals surface area contributed by atoms with E-state index in [2.05, 4.69) is 31.8 Å². The molecule has 1 heterocycles. The van der Waals surface area contributed by atoms with E-state index in [9.17, 15) is 9.59 Å². The number of carbonyl (C=O) groups is 2. The third-order valence-electron chi connectivity index (χ3n) is 3.44. The number of alkyl halides is 1. The number of nitrogens with one attached hydrogen (secondary N) is 2. The van der Waals surface area contributed by atoms with Crippen molar-refractivity contribution in [1.29, 1.82) is 0 Å². The normalized spacial score (nSPS) is 24.6. The van der Waals surface area contributed by atoms with Crippen molar-refractivity contribution in [2.45, 2.75) is 24.1 Å². The summed E-state index contributed by atoms with van der Waals surface area (Å²) in [7, 11) is 0. The minimum absolute atomic E-state index is 0.0496. The van der Waals surface area contributed by atoms with E-state index in [1.807, 2.05) is 24.3 Å². The second-order valence-corrected chi connectivity index (χ2v) is 6.19. The van der Waals surface area contributed by atoms with Crippen LogP contribution in [0.25, 0.3) is 0 Å². The van der Waals surface area contributed by atoms with E-state index in [1.165, 1.54) is 0 Å². The Kier molecular flexibility index (Phi) is 3.56. The Hall–Kier alpha value is -1.69. The molecule has 1 aliphatic carbocycles. The predicted molar refractivity (Wildman–Crippen MR) is 79.8 cm³/mol. The van der Waals surface area contributed by atoms with Crippen LogP contribution in [0.5, 0.6) is 0 Å². The summed E-state index contributed by atoms with van der Waals surface area (Å²) in [5.74, 6) is 0.0981. The Balaban J connectivity index is 1.65. The lowest BCUT2D eigenvalue weighted by Gasteiger charge is -2.12. The van der Waals surface area contributed by atoms with Gasteiger partial charge in [-0.1, -0.05) is 28.1 Å². The third-order valence-corrected chi connectivity index (χ3v) is 4.45. The highest BCUT2D eigenvalue weighted by Crippen LogP contribution is 2.38. The number of hydrazone groups is 1. The highest BCUT2D eigenvalue weighted by Gasteiger charge is 2.40. The van der Waals surface area contributed by atoms with Crippen LogP contribution in [0.1, 0.15) is 24.8 Å². The number of hydrogen-bond acceptors (Lipinski definition) is 3. The van der Waals surface area contributed by atoms with Crippen LogP contribution in [-0.4, -0.2) is 22.4 Å². The molecule has 0 saturated heterocycles.